The standard InChI is InChI=1S/C13H17BrN2O5/c1-20-4-3-16(8-12(17)18)13(19)15-10-5-9(14)6-11(7-10)21-2/h5-7H,3-4,8H2,1-2H3,(H,15,19)(H,17,18). The molecule has 0 aromatic heterocycles. The normalized spacial score (nSPS) is 10.0. The molecule has 1 aromatic carbocycles. The number of ether oxygens (including phenoxy) is 2. The van der Waals surface area contributed by atoms with E-state index < -0.39 is 18.5 Å². The van der Waals surface area contributed by atoms with Crippen molar-refractivity contribution in [3.05, 3.63) is 22.7 Å². The Morgan fingerprint density at radius 2 is 2.05 bits per heavy atom. The number of anilines is 1. The first-order valence-electron chi connectivity index (χ1n) is 6.07. The van der Waals surface area contributed by atoms with Gasteiger partial charge in [0.25, 0.3) is 0 Å². The lowest BCUT2D eigenvalue weighted by molar-refractivity contribution is -0.137. The SMILES string of the molecule is COCCN(CC(=O)O)C(=O)Nc1cc(Br)cc(OC)c1. The van der Waals surface area contributed by atoms with Crippen LogP contribution in [-0.4, -0.2) is 55.9 Å². The predicted molar refractivity (Wildman–Crippen MR) is 80.8 cm³/mol. The molecule has 0 atom stereocenters. The second-order valence-corrected chi connectivity index (χ2v) is 5.03. The first-order valence-corrected chi connectivity index (χ1v) is 6.86. The molecule has 7 nitrogen and oxygen atoms in total. The van der Waals surface area contributed by atoms with Crippen molar-refractivity contribution in [2.24, 2.45) is 0 Å². The van der Waals surface area contributed by atoms with E-state index in [9.17, 15) is 9.59 Å². The minimum atomic E-state index is -1.09. The highest BCUT2D eigenvalue weighted by atomic mass is 79.9. The molecule has 0 aliphatic carbocycles. The summed E-state index contributed by atoms with van der Waals surface area (Å²) in [6.45, 7) is 0.0304. The minimum absolute atomic E-state index is 0.180. The van der Waals surface area contributed by atoms with E-state index in [0.717, 1.165) is 9.37 Å². The number of amides is 2. The number of carbonyl (C=O) groups excluding carboxylic acids is 1. The van der Waals surface area contributed by atoms with Crippen LogP contribution in [0.15, 0.2) is 22.7 Å². The number of methoxy groups -OCH3 is 2. The quantitative estimate of drug-likeness (QED) is 0.776. The number of hydrogen-bond donors (Lipinski definition) is 2. The second-order valence-electron chi connectivity index (χ2n) is 4.12. The third-order valence-corrected chi connectivity index (χ3v) is 2.99. The molecule has 21 heavy (non-hydrogen) atoms. The molecule has 1 aromatic rings. The summed E-state index contributed by atoms with van der Waals surface area (Å²) in [4.78, 5) is 24.1. The van der Waals surface area contributed by atoms with Crippen molar-refractivity contribution >= 4 is 33.6 Å². The van der Waals surface area contributed by atoms with E-state index >= 15 is 0 Å². The minimum Gasteiger partial charge on any atom is -0.497 e. The van der Waals surface area contributed by atoms with Crippen molar-refractivity contribution in [1.29, 1.82) is 0 Å². The van der Waals surface area contributed by atoms with Crippen molar-refractivity contribution in [2.45, 2.75) is 0 Å². The molecule has 0 saturated carbocycles. The highest BCUT2D eigenvalue weighted by molar-refractivity contribution is 9.10. The van der Waals surface area contributed by atoms with Gasteiger partial charge in [-0.3, -0.25) is 4.79 Å². The average molecular weight is 361 g/mol. The third-order valence-electron chi connectivity index (χ3n) is 2.54. The number of carboxylic acid groups (broad SMARTS) is 1. The topological polar surface area (TPSA) is 88.1 Å². The van der Waals surface area contributed by atoms with Gasteiger partial charge in [0.15, 0.2) is 0 Å². The number of halogens is 1. The molecule has 0 radical (unpaired) electrons. The predicted octanol–water partition coefficient (Wildman–Crippen LogP) is 2.02. The van der Waals surface area contributed by atoms with Crippen LogP contribution in [0.3, 0.4) is 0 Å². The molecule has 2 amide bonds. The van der Waals surface area contributed by atoms with Crippen molar-refractivity contribution in [2.75, 3.05) is 39.2 Å². The smallest absolute Gasteiger partial charge is 0.323 e. The van der Waals surface area contributed by atoms with Crippen LogP contribution in [0.1, 0.15) is 0 Å². The molecule has 0 saturated heterocycles. The zero-order valence-electron chi connectivity index (χ0n) is 11.8. The van der Waals surface area contributed by atoms with E-state index in [1.54, 1.807) is 18.2 Å². The lowest BCUT2D eigenvalue weighted by Gasteiger charge is -2.21. The van der Waals surface area contributed by atoms with Gasteiger partial charge in [0, 0.05) is 29.9 Å². The molecule has 116 valence electrons. The van der Waals surface area contributed by atoms with Crippen LogP contribution >= 0.6 is 15.9 Å². The Labute approximate surface area is 131 Å². The van der Waals surface area contributed by atoms with Gasteiger partial charge in [-0.2, -0.15) is 0 Å². The Balaban J connectivity index is 2.79. The molecule has 8 heteroatoms. The number of benzene rings is 1. The number of aliphatic carboxylic acids is 1. The fourth-order valence-electron chi connectivity index (χ4n) is 1.57. The molecule has 0 aliphatic rings. The van der Waals surface area contributed by atoms with Crippen molar-refractivity contribution in [1.82, 2.24) is 4.90 Å². The van der Waals surface area contributed by atoms with E-state index in [4.69, 9.17) is 14.6 Å². The lowest BCUT2D eigenvalue weighted by atomic mass is 10.3. The summed E-state index contributed by atoms with van der Waals surface area (Å²) in [6, 6.07) is 4.55. The summed E-state index contributed by atoms with van der Waals surface area (Å²) >= 11 is 3.30. The van der Waals surface area contributed by atoms with Gasteiger partial charge in [-0.05, 0) is 12.1 Å². The summed E-state index contributed by atoms with van der Waals surface area (Å²) in [7, 11) is 3.00. The molecule has 0 fully saturated rings. The molecule has 0 spiro atoms. The number of carbonyl (C=O) groups is 2. The summed E-state index contributed by atoms with van der Waals surface area (Å²) in [6.07, 6.45) is 0. The second kappa shape index (κ2) is 8.48. The molecule has 0 unspecified atom stereocenters. The Morgan fingerprint density at radius 1 is 1.33 bits per heavy atom. The van der Waals surface area contributed by atoms with E-state index in [2.05, 4.69) is 21.2 Å². The number of rotatable bonds is 7. The summed E-state index contributed by atoms with van der Waals surface area (Å²) in [5.41, 5.74) is 0.499. The highest BCUT2D eigenvalue weighted by Crippen LogP contribution is 2.24. The number of hydrogen-bond acceptors (Lipinski definition) is 4. The van der Waals surface area contributed by atoms with Gasteiger partial charge >= 0.3 is 12.0 Å². The Bertz CT molecular complexity index is 509. The Morgan fingerprint density at radius 3 is 2.62 bits per heavy atom. The van der Waals surface area contributed by atoms with Crippen LogP contribution in [-0.2, 0) is 9.53 Å². The summed E-state index contributed by atoms with van der Waals surface area (Å²) in [5.74, 6) is -0.519. The van der Waals surface area contributed by atoms with Gasteiger partial charge in [0.2, 0.25) is 0 Å². The maximum absolute atomic E-state index is 12.1. The summed E-state index contributed by atoms with van der Waals surface area (Å²) in [5, 5.41) is 11.5. The van der Waals surface area contributed by atoms with E-state index in [1.807, 2.05) is 0 Å². The monoisotopic (exact) mass is 360 g/mol. The van der Waals surface area contributed by atoms with Gasteiger partial charge < -0.3 is 24.8 Å². The van der Waals surface area contributed by atoms with Crippen LogP contribution in [0.4, 0.5) is 10.5 Å². The van der Waals surface area contributed by atoms with Crippen LogP contribution in [0.2, 0.25) is 0 Å². The van der Waals surface area contributed by atoms with Crippen molar-refractivity contribution in [3.63, 3.8) is 0 Å². The molecule has 2 N–H and O–H groups in total. The molecule has 0 heterocycles. The molecule has 0 bridgehead atoms. The van der Waals surface area contributed by atoms with Gasteiger partial charge in [-0.15, -0.1) is 0 Å². The largest absolute Gasteiger partial charge is 0.497 e. The van der Waals surface area contributed by atoms with Crippen LogP contribution in [0.25, 0.3) is 0 Å². The van der Waals surface area contributed by atoms with Gasteiger partial charge in [0.1, 0.15) is 12.3 Å². The molecule has 0 aliphatic heterocycles. The van der Waals surface area contributed by atoms with Gasteiger partial charge in [-0.25, -0.2) is 4.79 Å². The number of nitrogens with zero attached hydrogens (tertiary/aromatic N) is 1. The number of carboxylic acids is 1. The zero-order chi connectivity index (χ0) is 15.8. The number of urea groups is 1. The maximum atomic E-state index is 12.1. The van der Waals surface area contributed by atoms with Crippen LogP contribution < -0.4 is 10.1 Å². The lowest BCUT2D eigenvalue weighted by Crippen LogP contribution is -2.40. The first kappa shape index (κ1) is 17.3. The van der Waals surface area contributed by atoms with E-state index in [1.165, 1.54) is 14.2 Å². The maximum Gasteiger partial charge on any atom is 0.323 e. The molecular formula is C13H17BrN2O5. The van der Waals surface area contributed by atoms with Gasteiger partial charge in [-0.1, -0.05) is 15.9 Å². The van der Waals surface area contributed by atoms with E-state index in [0.29, 0.717) is 11.4 Å². The Hall–Kier alpha value is -1.80. The number of nitrogens with one attached hydrogen (secondary N) is 1. The van der Waals surface area contributed by atoms with Crippen molar-refractivity contribution < 1.29 is 24.2 Å². The fraction of sp³-hybridized carbons (Fsp3) is 0.385. The summed E-state index contributed by atoms with van der Waals surface area (Å²) < 4.78 is 10.7. The third kappa shape index (κ3) is 6.01. The van der Waals surface area contributed by atoms with Crippen LogP contribution in [0.5, 0.6) is 5.75 Å². The van der Waals surface area contributed by atoms with Gasteiger partial charge in [0.05, 0.1) is 13.7 Å². The van der Waals surface area contributed by atoms with Crippen molar-refractivity contribution in [3.8, 4) is 5.75 Å². The zero-order valence-corrected chi connectivity index (χ0v) is 13.3. The average Bonchev–Trinajstić information content (AvgIpc) is 2.42. The Kier molecular flexibility index (Phi) is 6.97. The first-order chi connectivity index (χ1) is 9.96. The fourth-order valence-corrected chi connectivity index (χ4v) is 2.04. The highest BCUT2D eigenvalue weighted by Gasteiger charge is 2.17. The molecule has 1 rings (SSSR count). The van der Waals surface area contributed by atoms with E-state index in [-0.39, 0.29) is 13.2 Å². The van der Waals surface area contributed by atoms with Crippen LogP contribution in [0, 0.1) is 0 Å². The molecular weight excluding hydrogens is 344 g/mol.